The van der Waals surface area contributed by atoms with Crippen LogP contribution >= 0.6 is 11.8 Å². The van der Waals surface area contributed by atoms with Gasteiger partial charge in [0.2, 0.25) is 0 Å². The highest BCUT2D eigenvalue weighted by molar-refractivity contribution is 7.99. The second-order valence-electron chi connectivity index (χ2n) is 11.6. The van der Waals surface area contributed by atoms with Crippen LogP contribution in [0.3, 0.4) is 0 Å². The predicted molar refractivity (Wildman–Crippen MR) is 189 cm³/mol. The van der Waals surface area contributed by atoms with Crippen molar-refractivity contribution in [3.8, 4) is 0 Å². The van der Waals surface area contributed by atoms with Gasteiger partial charge in [-0.25, -0.2) is 19.2 Å². The Labute approximate surface area is 299 Å². The van der Waals surface area contributed by atoms with Crippen molar-refractivity contribution < 1.29 is 42.9 Å². The van der Waals surface area contributed by atoms with Crippen molar-refractivity contribution >= 4 is 35.6 Å². The molecule has 1 aliphatic rings. The summed E-state index contributed by atoms with van der Waals surface area (Å²) >= 11 is 1.25. The van der Waals surface area contributed by atoms with E-state index >= 15 is 0 Å². The van der Waals surface area contributed by atoms with E-state index in [-0.39, 0.29) is 22.3 Å². The molecule has 0 N–H and O–H groups in total. The Kier molecular flexibility index (Phi) is 11.6. The zero-order valence-corrected chi connectivity index (χ0v) is 28.3. The fraction of sp³-hybridized carbons (Fsp3) is 0.171. The molecule has 0 amide bonds. The van der Waals surface area contributed by atoms with Gasteiger partial charge in [0.05, 0.1) is 22.3 Å². The molecule has 0 radical (unpaired) electrons. The van der Waals surface area contributed by atoms with Crippen LogP contribution in [0, 0.1) is 6.92 Å². The molecule has 258 valence electrons. The first-order valence-electron chi connectivity index (χ1n) is 16.2. The summed E-state index contributed by atoms with van der Waals surface area (Å²) in [7, 11) is 0. The average Bonchev–Trinajstić information content (AvgIpc) is 3.50. The van der Waals surface area contributed by atoms with Gasteiger partial charge in [-0.05, 0) is 67.6 Å². The Morgan fingerprint density at radius 3 is 1.49 bits per heavy atom. The van der Waals surface area contributed by atoms with E-state index in [1.165, 1.54) is 11.8 Å². The topological polar surface area (TPSA) is 114 Å². The molecule has 0 aromatic heterocycles. The van der Waals surface area contributed by atoms with Crippen LogP contribution in [0.2, 0.25) is 0 Å². The lowest BCUT2D eigenvalue weighted by Crippen LogP contribution is -2.47. The third-order valence-corrected chi connectivity index (χ3v) is 9.16. The zero-order chi connectivity index (χ0) is 35.6. The lowest BCUT2D eigenvalue weighted by molar-refractivity contribution is -0.0899. The second kappa shape index (κ2) is 16.8. The van der Waals surface area contributed by atoms with Crippen LogP contribution in [-0.4, -0.2) is 60.3 Å². The van der Waals surface area contributed by atoms with E-state index in [0.29, 0.717) is 0 Å². The van der Waals surface area contributed by atoms with Gasteiger partial charge in [-0.3, -0.25) is 0 Å². The van der Waals surface area contributed by atoms with Crippen LogP contribution in [0.15, 0.2) is 150 Å². The summed E-state index contributed by atoms with van der Waals surface area (Å²) in [5, 5.41) is 0. The number of hydrogen-bond donors (Lipinski definition) is 0. The van der Waals surface area contributed by atoms with Crippen molar-refractivity contribution in [1.29, 1.82) is 0 Å². The average molecular weight is 703 g/mol. The van der Waals surface area contributed by atoms with Crippen LogP contribution in [-0.2, 0) is 23.7 Å². The van der Waals surface area contributed by atoms with E-state index in [2.05, 4.69) is 0 Å². The van der Waals surface area contributed by atoms with Gasteiger partial charge in [0.15, 0.2) is 18.3 Å². The molecular formula is C41H34O9S. The monoisotopic (exact) mass is 702 g/mol. The summed E-state index contributed by atoms with van der Waals surface area (Å²) in [6, 6.07) is 41.0. The first-order chi connectivity index (χ1) is 24.9. The lowest BCUT2D eigenvalue weighted by atomic mass is 10.1. The molecule has 5 atom stereocenters. The van der Waals surface area contributed by atoms with Gasteiger partial charge in [0.1, 0.15) is 18.1 Å². The summed E-state index contributed by atoms with van der Waals surface area (Å²) in [6.07, 6.45) is -5.05. The standard InChI is InChI=1S/C41H34O9S/c1-27-22-24-32(25-23-27)51-41-36(49-40(45)31-20-12-5-13-21-31)35(48-39(44)30-18-10-4-11-19-30)34(50-41)33(47-38(43)29-16-8-3-9-17-29)26-46-37(42)28-14-6-2-7-15-28/h2-25,33-36,41H,26H2,1H3/t33-,34+,35+,36-,41+/m1/s1. The highest BCUT2D eigenvalue weighted by atomic mass is 32.2. The van der Waals surface area contributed by atoms with Gasteiger partial charge in [0, 0.05) is 4.90 Å². The molecule has 1 aliphatic heterocycles. The third-order valence-electron chi connectivity index (χ3n) is 8.01. The maximum atomic E-state index is 13.6. The first-order valence-corrected chi connectivity index (χ1v) is 17.1. The van der Waals surface area contributed by atoms with E-state index in [1.807, 2.05) is 31.2 Å². The number of carbonyl (C=O) groups excluding carboxylic acids is 4. The van der Waals surface area contributed by atoms with Crippen molar-refractivity contribution in [3.63, 3.8) is 0 Å². The Balaban J connectivity index is 1.38. The molecule has 10 heteroatoms. The van der Waals surface area contributed by atoms with Gasteiger partial charge in [-0.15, -0.1) is 0 Å². The molecule has 9 nitrogen and oxygen atoms in total. The van der Waals surface area contributed by atoms with Gasteiger partial charge in [-0.1, -0.05) is 102 Å². The summed E-state index contributed by atoms with van der Waals surface area (Å²) in [5.41, 5.74) is 1.14. The van der Waals surface area contributed by atoms with Crippen molar-refractivity contribution in [2.45, 2.75) is 41.7 Å². The fourth-order valence-electron chi connectivity index (χ4n) is 5.38. The normalized spacial score (nSPS) is 18.6. The van der Waals surface area contributed by atoms with Crippen LogP contribution in [0.4, 0.5) is 0 Å². The van der Waals surface area contributed by atoms with Crippen molar-refractivity contribution in [2.24, 2.45) is 0 Å². The SMILES string of the molecule is Cc1ccc(S[C@@H]2O[C@@H]([C@@H](COC(=O)c3ccccc3)OC(=O)c3ccccc3)[C@H](OC(=O)c3ccccc3)[C@H]2OC(=O)c2ccccc2)cc1. The van der Waals surface area contributed by atoms with E-state index in [0.717, 1.165) is 10.5 Å². The Morgan fingerprint density at radius 2 is 1.00 bits per heavy atom. The summed E-state index contributed by atoms with van der Waals surface area (Å²) in [6.45, 7) is 1.50. The molecule has 0 saturated carbocycles. The molecule has 0 unspecified atom stereocenters. The van der Waals surface area contributed by atoms with E-state index in [1.54, 1.807) is 121 Å². The van der Waals surface area contributed by atoms with Crippen LogP contribution in [0.5, 0.6) is 0 Å². The second-order valence-corrected chi connectivity index (χ2v) is 12.8. The van der Waals surface area contributed by atoms with Gasteiger partial charge in [-0.2, -0.15) is 0 Å². The van der Waals surface area contributed by atoms with Crippen molar-refractivity contribution in [3.05, 3.63) is 173 Å². The van der Waals surface area contributed by atoms with Crippen molar-refractivity contribution in [1.82, 2.24) is 0 Å². The van der Waals surface area contributed by atoms with Crippen molar-refractivity contribution in [2.75, 3.05) is 6.61 Å². The number of carbonyl (C=O) groups is 4. The molecule has 1 heterocycles. The zero-order valence-electron chi connectivity index (χ0n) is 27.5. The Hall–Kier alpha value is -5.71. The molecule has 0 aliphatic carbocycles. The number of thioether (sulfide) groups is 1. The van der Waals surface area contributed by atoms with Crippen LogP contribution in [0.25, 0.3) is 0 Å². The Bertz CT molecular complexity index is 1920. The van der Waals surface area contributed by atoms with Gasteiger partial charge in [0.25, 0.3) is 0 Å². The molecule has 6 rings (SSSR count). The third kappa shape index (κ3) is 9.10. The minimum Gasteiger partial charge on any atom is -0.458 e. The highest BCUT2D eigenvalue weighted by Gasteiger charge is 2.54. The summed E-state index contributed by atoms with van der Waals surface area (Å²) in [5.74, 6) is -2.77. The van der Waals surface area contributed by atoms with Crippen LogP contribution < -0.4 is 0 Å². The molecule has 0 spiro atoms. The maximum Gasteiger partial charge on any atom is 0.338 e. The van der Waals surface area contributed by atoms with Gasteiger partial charge < -0.3 is 23.7 Å². The predicted octanol–water partition coefficient (Wildman–Crippen LogP) is 7.35. The molecule has 51 heavy (non-hydrogen) atoms. The number of benzene rings is 5. The fourth-order valence-corrected chi connectivity index (χ4v) is 6.47. The molecule has 1 saturated heterocycles. The van der Waals surface area contributed by atoms with Gasteiger partial charge >= 0.3 is 23.9 Å². The lowest BCUT2D eigenvalue weighted by Gasteiger charge is -2.28. The summed E-state index contributed by atoms with van der Waals surface area (Å²) < 4.78 is 30.5. The quantitative estimate of drug-likeness (QED) is 0.0966. The highest BCUT2D eigenvalue weighted by Crippen LogP contribution is 2.40. The van der Waals surface area contributed by atoms with E-state index in [4.69, 9.17) is 23.7 Å². The van der Waals surface area contributed by atoms with E-state index in [9.17, 15) is 19.2 Å². The number of rotatable bonds is 12. The minimum absolute atomic E-state index is 0.241. The maximum absolute atomic E-state index is 13.6. The number of aryl methyl sites for hydroxylation is 1. The molecule has 5 aromatic rings. The number of ether oxygens (including phenoxy) is 5. The van der Waals surface area contributed by atoms with E-state index < -0.39 is 60.3 Å². The first kappa shape index (κ1) is 35.1. The minimum atomic E-state index is -1.31. The Morgan fingerprint density at radius 1 is 0.569 bits per heavy atom. The number of hydrogen-bond acceptors (Lipinski definition) is 10. The van der Waals surface area contributed by atoms with Crippen LogP contribution in [0.1, 0.15) is 47.0 Å². The molecule has 0 bridgehead atoms. The molecule has 1 fully saturated rings. The largest absolute Gasteiger partial charge is 0.458 e. The smallest absolute Gasteiger partial charge is 0.338 e. The summed E-state index contributed by atoms with van der Waals surface area (Å²) in [4.78, 5) is 54.6. The molecule has 5 aromatic carbocycles. The number of esters is 4. The molecular weight excluding hydrogens is 669 g/mol.